The Labute approximate surface area is 228 Å². The Balaban J connectivity index is 1.83. The highest BCUT2D eigenvalue weighted by Gasteiger charge is 2.51. The highest BCUT2D eigenvalue weighted by Crippen LogP contribution is 2.21. The van der Waals surface area contributed by atoms with Crippen LogP contribution in [-0.4, -0.2) is 50.0 Å². The fourth-order valence-corrected chi connectivity index (χ4v) is 3.73. The number of carbonyl (C=O) groups is 4. The van der Waals surface area contributed by atoms with Crippen LogP contribution in [0.25, 0.3) is 11.4 Å². The van der Waals surface area contributed by atoms with Crippen molar-refractivity contribution in [3.63, 3.8) is 0 Å². The minimum Gasteiger partial charge on any atom is -0.346 e. The van der Waals surface area contributed by atoms with E-state index in [-0.39, 0.29) is 18.1 Å². The van der Waals surface area contributed by atoms with Gasteiger partial charge in [0.15, 0.2) is 0 Å². The lowest BCUT2D eigenvalue weighted by Crippen LogP contribution is -2.56. The molecule has 2 aromatic heterocycles. The molecule has 0 saturated carbocycles. The van der Waals surface area contributed by atoms with Crippen molar-refractivity contribution >= 4 is 29.2 Å². The minimum absolute atomic E-state index is 0.0723. The van der Waals surface area contributed by atoms with E-state index in [1.54, 1.807) is 30.3 Å². The second kappa shape index (κ2) is 12.8. The second-order valence-electron chi connectivity index (χ2n) is 9.20. The van der Waals surface area contributed by atoms with Gasteiger partial charge in [-0.25, -0.2) is 4.98 Å². The van der Waals surface area contributed by atoms with Gasteiger partial charge in [-0.2, -0.15) is 8.78 Å². The molecule has 210 valence electrons. The molecule has 3 rings (SSSR count). The Bertz CT molecular complexity index is 1440. The number of pyridine rings is 1. The van der Waals surface area contributed by atoms with Crippen molar-refractivity contribution in [1.29, 1.82) is 0 Å². The number of amides is 3. The molecular formula is C27H28F2N6O5. The number of hydrogen-bond acceptors (Lipinski definition) is 7. The van der Waals surface area contributed by atoms with Crippen LogP contribution < -0.4 is 21.5 Å². The maximum atomic E-state index is 14.9. The Hall–Kier alpha value is -4.81. The molecule has 1 atom stereocenters. The quantitative estimate of drug-likeness (QED) is 0.306. The third kappa shape index (κ3) is 7.18. The molecule has 0 saturated heterocycles. The SMILES string of the molecule is CC(=O)Nc1cnc(-c2ccccc2)n(CC(=O)NC(C(=O)C(F)(F)C(=O)NCc2ccncc2)C(C)C)c1=O. The van der Waals surface area contributed by atoms with Crippen LogP contribution in [0.1, 0.15) is 26.3 Å². The first-order valence-corrected chi connectivity index (χ1v) is 12.2. The van der Waals surface area contributed by atoms with Gasteiger partial charge in [0.1, 0.15) is 18.1 Å². The largest absolute Gasteiger partial charge is 0.383 e. The van der Waals surface area contributed by atoms with E-state index in [0.29, 0.717) is 11.1 Å². The smallest absolute Gasteiger partial charge is 0.346 e. The number of aromatic nitrogens is 3. The molecule has 0 spiro atoms. The zero-order valence-corrected chi connectivity index (χ0v) is 22.0. The zero-order chi connectivity index (χ0) is 29.4. The van der Waals surface area contributed by atoms with Crippen LogP contribution >= 0.6 is 0 Å². The predicted molar refractivity (Wildman–Crippen MR) is 141 cm³/mol. The van der Waals surface area contributed by atoms with Crippen LogP contribution in [0.15, 0.2) is 65.8 Å². The Morgan fingerprint density at radius 3 is 2.27 bits per heavy atom. The van der Waals surface area contributed by atoms with Crippen molar-refractivity contribution in [3.8, 4) is 11.4 Å². The molecule has 0 bridgehead atoms. The van der Waals surface area contributed by atoms with E-state index in [1.807, 2.05) is 5.32 Å². The van der Waals surface area contributed by atoms with Crippen LogP contribution in [0.4, 0.5) is 14.5 Å². The molecule has 40 heavy (non-hydrogen) atoms. The number of ketones is 1. The fourth-order valence-electron chi connectivity index (χ4n) is 3.73. The van der Waals surface area contributed by atoms with Crippen LogP contribution in [0.2, 0.25) is 0 Å². The topological polar surface area (TPSA) is 152 Å². The molecule has 13 heteroatoms. The van der Waals surface area contributed by atoms with Crippen LogP contribution in [0.5, 0.6) is 0 Å². The number of anilines is 1. The summed E-state index contributed by atoms with van der Waals surface area (Å²) >= 11 is 0. The molecule has 1 aromatic carbocycles. The lowest BCUT2D eigenvalue weighted by molar-refractivity contribution is -0.161. The van der Waals surface area contributed by atoms with Crippen molar-refractivity contribution < 1.29 is 28.0 Å². The van der Waals surface area contributed by atoms with E-state index in [0.717, 1.165) is 10.8 Å². The van der Waals surface area contributed by atoms with E-state index in [2.05, 4.69) is 20.6 Å². The van der Waals surface area contributed by atoms with Crippen molar-refractivity contribution in [2.45, 2.75) is 45.8 Å². The van der Waals surface area contributed by atoms with Gasteiger partial charge >= 0.3 is 5.92 Å². The molecule has 0 aliphatic heterocycles. The molecule has 3 N–H and O–H groups in total. The number of alkyl halides is 2. The van der Waals surface area contributed by atoms with Gasteiger partial charge in [0.25, 0.3) is 11.5 Å². The van der Waals surface area contributed by atoms with Crippen molar-refractivity contribution in [1.82, 2.24) is 25.2 Å². The number of benzene rings is 1. The summed E-state index contributed by atoms with van der Waals surface area (Å²) in [6, 6.07) is 9.65. The Morgan fingerprint density at radius 2 is 1.68 bits per heavy atom. The normalized spacial score (nSPS) is 11.9. The van der Waals surface area contributed by atoms with Crippen molar-refractivity contribution in [2.75, 3.05) is 5.32 Å². The van der Waals surface area contributed by atoms with Gasteiger partial charge < -0.3 is 16.0 Å². The summed E-state index contributed by atoms with van der Waals surface area (Å²) < 4.78 is 30.7. The molecule has 3 aromatic rings. The van der Waals surface area contributed by atoms with E-state index in [1.165, 1.54) is 45.3 Å². The monoisotopic (exact) mass is 554 g/mol. The number of carbonyl (C=O) groups excluding carboxylic acids is 4. The Kier molecular flexibility index (Phi) is 9.54. The average Bonchev–Trinajstić information content (AvgIpc) is 2.92. The Morgan fingerprint density at radius 1 is 1.02 bits per heavy atom. The van der Waals surface area contributed by atoms with Gasteiger partial charge in [-0.15, -0.1) is 0 Å². The molecule has 0 aliphatic rings. The summed E-state index contributed by atoms with van der Waals surface area (Å²) in [7, 11) is 0. The van der Waals surface area contributed by atoms with Gasteiger partial charge in [0, 0.05) is 31.4 Å². The number of nitrogens with one attached hydrogen (secondary N) is 3. The van der Waals surface area contributed by atoms with Crippen LogP contribution in [-0.2, 0) is 32.3 Å². The van der Waals surface area contributed by atoms with Crippen molar-refractivity contribution in [3.05, 3.63) is 77.0 Å². The zero-order valence-electron chi connectivity index (χ0n) is 22.0. The minimum atomic E-state index is -4.45. The molecule has 0 radical (unpaired) electrons. The van der Waals surface area contributed by atoms with Gasteiger partial charge in [0.2, 0.25) is 17.6 Å². The van der Waals surface area contributed by atoms with E-state index >= 15 is 0 Å². The molecule has 0 fully saturated rings. The van der Waals surface area contributed by atoms with E-state index in [9.17, 15) is 32.8 Å². The maximum Gasteiger partial charge on any atom is 0.383 e. The number of hydrogen-bond donors (Lipinski definition) is 3. The summed E-state index contributed by atoms with van der Waals surface area (Å²) in [6.07, 6.45) is 3.99. The molecule has 11 nitrogen and oxygen atoms in total. The third-order valence-corrected chi connectivity index (χ3v) is 5.75. The summed E-state index contributed by atoms with van der Waals surface area (Å²) in [5.41, 5.74) is -0.00736. The standard InChI is InChI=1S/C27H28F2N6O5/c1-16(2)22(23(38)27(28,29)26(40)32-13-18-9-11-30-12-10-18)34-21(37)15-35-24(19-7-5-4-6-8-19)31-14-20(25(35)39)33-17(3)36/h4-12,14,16,22H,13,15H2,1-3H3,(H,32,40)(H,33,36)(H,34,37). The first-order chi connectivity index (χ1) is 18.9. The number of nitrogens with zero attached hydrogens (tertiary/aromatic N) is 3. The summed E-state index contributed by atoms with van der Waals surface area (Å²) in [6.45, 7) is 3.07. The van der Waals surface area contributed by atoms with Gasteiger partial charge in [-0.05, 0) is 23.6 Å². The predicted octanol–water partition coefficient (Wildman–Crippen LogP) is 1.93. The molecular weight excluding hydrogens is 526 g/mol. The lowest BCUT2D eigenvalue weighted by atomic mass is 9.95. The van der Waals surface area contributed by atoms with E-state index < -0.39 is 53.5 Å². The molecule has 1 unspecified atom stereocenters. The fraction of sp³-hybridized carbons (Fsp3) is 0.296. The summed E-state index contributed by atoms with van der Waals surface area (Å²) in [5.74, 6) is -10.3. The summed E-state index contributed by atoms with van der Waals surface area (Å²) in [5, 5.41) is 6.59. The third-order valence-electron chi connectivity index (χ3n) is 5.75. The highest BCUT2D eigenvalue weighted by atomic mass is 19.3. The highest BCUT2D eigenvalue weighted by molar-refractivity contribution is 6.10. The number of Topliss-reactive ketones (excluding diaryl/α,β-unsaturated/α-hetero) is 1. The summed E-state index contributed by atoms with van der Waals surface area (Å²) in [4.78, 5) is 70.7. The maximum absolute atomic E-state index is 14.9. The van der Waals surface area contributed by atoms with Gasteiger partial charge in [-0.3, -0.25) is 33.5 Å². The lowest BCUT2D eigenvalue weighted by Gasteiger charge is -2.25. The van der Waals surface area contributed by atoms with E-state index in [4.69, 9.17) is 0 Å². The first kappa shape index (κ1) is 29.7. The van der Waals surface area contributed by atoms with Crippen LogP contribution in [0.3, 0.4) is 0 Å². The number of rotatable bonds is 11. The van der Waals surface area contributed by atoms with Crippen LogP contribution in [0, 0.1) is 5.92 Å². The number of halogens is 2. The second-order valence-corrected chi connectivity index (χ2v) is 9.20. The molecule has 0 aliphatic carbocycles. The van der Waals surface area contributed by atoms with Crippen molar-refractivity contribution in [2.24, 2.45) is 5.92 Å². The molecule has 3 amide bonds. The van der Waals surface area contributed by atoms with Gasteiger partial charge in [0.05, 0.1) is 12.2 Å². The molecule has 2 heterocycles. The first-order valence-electron chi connectivity index (χ1n) is 12.2. The van der Waals surface area contributed by atoms with Gasteiger partial charge in [-0.1, -0.05) is 44.2 Å². The average molecular weight is 555 g/mol.